The van der Waals surface area contributed by atoms with Crippen molar-refractivity contribution < 1.29 is 4.42 Å². The first-order valence-electron chi connectivity index (χ1n) is 6.05. The lowest BCUT2D eigenvalue weighted by atomic mass is 10.1. The Morgan fingerprint density at radius 1 is 1.39 bits per heavy atom. The molecular formula is C14H18N2OS. The first kappa shape index (κ1) is 13.2. The number of nitrogens with zero attached hydrogens (tertiary/aromatic N) is 1. The molecule has 0 aliphatic rings. The second kappa shape index (κ2) is 6.07. The van der Waals surface area contributed by atoms with E-state index in [2.05, 4.69) is 49.3 Å². The van der Waals surface area contributed by atoms with E-state index in [-0.39, 0.29) is 0 Å². The van der Waals surface area contributed by atoms with Crippen molar-refractivity contribution >= 4 is 11.8 Å². The number of hydrogen-bond acceptors (Lipinski definition) is 4. The van der Waals surface area contributed by atoms with Crippen molar-refractivity contribution in [3.8, 4) is 0 Å². The summed E-state index contributed by atoms with van der Waals surface area (Å²) in [5.74, 6) is 0. The van der Waals surface area contributed by atoms with E-state index in [1.165, 1.54) is 16.0 Å². The summed E-state index contributed by atoms with van der Waals surface area (Å²) in [6, 6.07) is 6.93. The molecule has 0 atom stereocenters. The minimum Gasteiger partial charge on any atom is -0.440 e. The molecule has 4 heteroatoms. The molecule has 18 heavy (non-hydrogen) atoms. The van der Waals surface area contributed by atoms with Crippen LogP contribution in [0.1, 0.15) is 25.0 Å². The summed E-state index contributed by atoms with van der Waals surface area (Å²) in [6.45, 7) is 7.27. The van der Waals surface area contributed by atoms with Crippen LogP contribution in [-0.4, -0.2) is 11.0 Å². The standard InChI is InChI=1S/C14H18N2OS/c1-10(2)16-9-12-8-11(3)4-5-13(12)18-14-15-6-7-17-14/h4-8,10,16H,9H2,1-3H3. The Labute approximate surface area is 112 Å². The Bertz CT molecular complexity index is 495. The molecule has 0 aliphatic carbocycles. The van der Waals surface area contributed by atoms with Gasteiger partial charge in [-0.2, -0.15) is 0 Å². The first-order valence-corrected chi connectivity index (χ1v) is 6.87. The SMILES string of the molecule is Cc1ccc(Sc2ncco2)c(CNC(C)C)c1. The zero-order valence-corrected chi connectivity index (χ0v) is 11.8. The largest absolute Gasteiger partial charge is 0.440 e. The van der Waals surface area contributed by atoms with Crippen LogP contribution in [0, 0.1) is 6.92 Å². The molecule has 2 rings (SSSR count). The predicted octanol–water partition coefficient (Wildman–Crippen LogP) is 3.63. The molecule has 0 bridgehead atoms. The van der Waals surface area contributed by atoms with E-state index in [1.54, 1.807) is 24.2 Å². The van der Waals surface area contributed by atoms with Crippen molar-refractivity contribution in [2.45, 2.75) is 43.5 Å². The van der Waals surface area contributed by atoms with Gasteiger partial charge in [0.25, 0.3) is 5.22 Å². The minimum atomic E-state index is 0.477. The van der Waals surface area contributed by atoms with E-state index in [9.17, 15) is 0 Å². The molecule has 3 nitrogen and oxygen atoms in total. The van der Waals surface area contributed by atoms with E-state index < -0.39 is 0 Å². The average molecular weight is 262 g/mol. The Kier molecular flexibility index (Phi) is 4.44. The van der Waals surface area contributed by atoms with Crippen LogP contribution in [0.5, 0.6) is 0 Å². The lowest BCUT2D eigenvalue weighted by molar-refractivity contribution is 0.454. The normalized spacial score (nSPS) is 11.1. The molecular weight excluding hydrogens is 244 g/mol. The summed E-state index contributed by atoms with van der Waals surface area (Å²) in [6.07, 6.45) is 3.27. The summed E-state index contributed by atoms with van der Waals surface area (Å²) >= 11 is 1.56. The van der Waals surface area contributed by atoms with Crippen LogP contribution in [0.15, 0.2) is 45.2 Å². The smallest absolute Gasteiger partial charge is 0.260 e. The van der Waals surface area contributed by atoms with Gasteiger partial charge >= 0.3 is 0 Å². The van der Waals surface area contributed by atoms with Gasteiger partial charge in [0.2, 0.25) is 0 Å². The zero-order chi connectivity index (χ0) is 13.0. The van der Waals surface area contributed by atoms with E-state index in [4.69, 9.17) is 4.42 Å². The summed E-state index contributed by atoms with van der Waals surface area (Å²) in [5, 5.41) is 4.13. The fraction of sp³-hybridized carbons (Fsp3) is 0.357. The number of hydrogen-bond donors (Lipinski definition) is 1. The van der Waals surface area contributed by atoms with Crippen LogP contribution >= 0.6 is 11.8 Å². The van der Waals surface area contributed by atoms with E-state index in [0.29, 0.717) is 11.3 Å². The van der Waals surface area contributed by atoms with Crippen LogP contribution in [0.3, 0.4) is 0 Å². The second-order valence-electron chi connectivity index (χ2n) is 4.55. The van der Waals surface area contributed by atoms with Gasteiger partial charge in [-0.1, -0.05) is 31.5 Å². The molecule has 0 unspecified atom stereocenters. The molecule has 0 saturated heterocycles. The van der Waals surface area contributed by atoms with Crippen LogP contribution in [0.25, 0.3) is 0 Å². The van der Waals surface area contributed by atoms with Gasteiger partial charge in [-0.15, -0.1) is 0 Å². The van der Waals surface area contributed by atoms with Gasteiger partial charge in [0.05, 0.1) is 6.20 Å². The summed E-state index contributed by atoms with van der Waals surface area (Å²) in [5.41, 5.74) is 2.55. The van der Waals surface area contributed by atoms with Crippen molar-refractivity contribution in [3.63, 3.8) is 0 Å². The molecule has 0 fully saturated rings. The molecule has 1 heterocycles. The third kappa shape index (κ3) is 3.62. The molecule has 0 amide bonds. The fourth-order valence-corrected chi connectivity index (χ4v) is 2.42. The van der Waals surface area contributed by atoms with Crippen LogP contribution in [0.2, 0.25) is 0 Å². The van der Waals surface area contributed by atoms with Gasteiger partial charge < -0.3 is 9.73 Å². The minimum absolute atomic E-state index is 0.477. The molecule has 0 saturated carbocycles. The van der Waals surface area contributed by atoms with Gasteiger partial charge in [-0.05, 0) is 30.3 Å². The Morgan fingerprint density at radius 2 is 2.22 bits per heavy atom. The maximum Gasteiger partial charge on any atom is 0.260 e. The highest BCUT2D eigenvalue weighted by atomic mass is 32.2. The average Bonchev–Trinajstić information content (AvgIpc) is 2.82. The topological polar surface area (TPSA) is 38.1 Å². The lowest BCUT2D eigenvalue weighted by Crippen LogP contribution is -2.22. The number of nitrogens with one attached hydrogen (secondary N) is 1. The Balaban J connectivity index is 2.17. The van der Waals surface area contributed by atoms with Crippen LogP contribution in [-0.2, 0) is 6.54 Å². The van der Waals surface area contributed by atoms with Crippen molar-refractivity contribution in [2.24, 2.45) is 0 Å². The number of aromatic nitrogens is 1. The van der Waals surface area contributed by atoms with Gasteiger partial charge in [0.15, 0.2) is 0 Å². The first-order chi connectivity index (χ1) is 8.65. The van der Waals surface area contributed by atoms with Crippen molar-refractivity contribution in [1.29, 1.82) is 0 Å². The Hall–Kier alpha value is -1.26. The van der Waals surface area contributed by atoms with Crippen molar-refractivity contribution in [2.75, 3.05) is 0 Å². The summed E-state index contributed by atoms with van der Waals surface area (Å²) in [4.78, 5) is 5.34. The molecule has 0 radical (unpaired) electrons. The summed E-state index contributed by atoms with van der Waals surface area (Å²) < 4.78 is 5.28. The molecule has 96 valence electrons. The predicted molar refractivity (Wildman–Crippen MR) is 73.8 cm³/mol. The van der Waals surface area contributed by atoms with Gasteiger partial charge in [0, 0.05) is 17.5 Å². The van der Waals surface area contributed by atoms with Gasteiger partial charge in [-0.25, -0.2) is 4.98 Å². The highest BCUT2D eigenvalue weighted by Gasteiger charge is 2.08. The van der Waals surface area contributed by atoms with Crippen LogP contribution in [0.4, 0.5) is 0 Å². The number of aryl methyl sites for hydroxylation is 1. The van der Waals surface area contributed by atoms with E-state index in [1.807, 2.05) is 0 Å². The highest BCUT2D eigenvalue weighted by molar-refractivity contribution is 7.99. The molecule has 1 aromatic heterocycles. The van der Waals surface area contributed by atoms with Gasteiger partial charge in [0.1, 0.15) is 6.26 Å². The fourth-order valence-electron chi connectivity index (χ4n) is 1.61. The monoisotopic (exact) mass is 262 g/mol. The maximum atomic E-state index is 5.28. The third-order valence-corrected chi connectivity index (χ3v) is 3.52. The second-order valence-corrected chi connectivity index (χ2v) is 5.54. The van der Waals surface area contributed by atoms with E-state index in [0.717, 1.165) is 6.54 Å². The quantitative estimate of drug-likeness (QED) is 0.893. The molecule has 0 aliphatic heterocycles. The van der Waals surface area contributed by atoms with E-state index >= 15 is 0 Å². The number of oxazole rings is 1. The van der Waals surface area contributed by atoms with Crippen LogP contribution < -0.4 is 5.32 Å². The molecule has 2 aromatic rings. The highest BCUT2D eigenvalue weighted by Crippen LogP contribution is 2.29. The summed E-state index contributed by atoms with van der Waals surface area (Å²) in [7, 11) is 0. The molecule has 1 aromatic carbocycles. The third-order valence-electron chi connectivity index (χ3n) is 2.52. The zero-order valence-electron chi connectivity index (χ0n) is 10.9. The maximum absolute atomic E-state index is 5.28. The molecule has 0 spiro atoms. The van der Waals surface area contributed by atoms with Crippen molar-refractivity contribution in [3.05, 3.63) is 41.8 Å². The molecule has 1 N–H and O–H groups in total. The Morgan fingerprint density at radius 3 is 2.89 bits per heavy atom. The number of rotatable bonds is 5. The van der Waals surface area contributed by atoms with Gasteiger partial charge in [-0.3, -0.25) is 0 Å². The number of benzene rings is 1. The lowest BCUT2D eigenvalue weighted by Gasteiger charge is -2.12. The van der Waals surface area contributed by atoms with Crippen molar-refractivity contribution in [1.82, 2.24) is 10.3 Å².